The normalized spacial score (nSPS) is 24.5. The molecule has 164 valence electrons. The lowest BCUT2D eigenvalue weighted by molar-refractivity contribution is -0.871. The fraction of sp³-hybridized carbons (Fsp3) is 0.417. The summed E-state index contributed by atoms with van der Waals surface area (Å²) in [5.41, 5.74) is 8.52. The Morgan fingerprint density at radius 3 is 2.68 bits per heavy atom. The second-order valence-corrected chi connectivity index (χ2v) is 9.78. The largest absolute Gasteiger partial charge is 0.634 e. The molecular weight excluding hydrogens is 406 g/mol. The number of nitrogens with zero attached hydrogens (tertiary/aromatic N) is 3. The van der Waals surface area contributed by atoms with Gasteiger partial charge in [-0.25, -0.2) is 0 Å². The average molecular weight is 438 g/mol. The van der Waals surface area contributed by atoms with Crippen LogP contribution in [0.4, 0.5) is 11.4 Å². The molecule has 3 aliphatic heterocycles. The van der Waals surface area contributed by atoms with E-state index in [1.54, 1.807) is 11.3 Å². The summed E-state index contributed by atoms with van der Waals surface area (Å²) in [6, 6.07) is 12.9. The molecule has 0 amide bonds. The molecule has 3 aliphatic rings. The molecule has 31 heavy (non-hydrogen) atoms. The van der Waals surface area contributed by atoms with Crippen molar-refractivity contribution < 1.29 is 5.06 Å². The summed E-state index contributed by atoms with van der Waals surface area (Å²) in [7, 11) is 2.18. The molecule has 0 saturated carbocycles. The summed E-state index contributed by atoms with van der Waals surface area (Å²) in [6.07, 6.45) is 6.01. The molecule has 6 nitrogen and oxygen atoms in total. The van der Waals surface area contributed by atoms with Gasteiger partial charge >= 0.3 is 0 Å². The van der Waals surface area contributed by atoms with Crippen molar-refractivity contribution in [1.29, 1.82) is 0 Å². The van der Waals surface area contributed by atoms with Crippen LogP contribution in [-0.2, 0) is 6.42 Å². The highest BCUT2D eigenvalue weighted by Crippen LogP contribution is 2.26. The van der Waals surface area contributed by atoms with E-state index in [0.717, 1.165) is 51.3 Å². The van der Waals surface area contributed by atoms with Crippen molar-refractivity contribution >= 4 is 22.7 Å². The zero-order chi connectivity index (χ0) is 21.2. The highest BCUT2D eigenvalue weighted by molar-refractivity contribution is 7.09. The van der Waals surface area contributed by atoms with E-state index in [1.165, 1.54) is 21.7 Å². The number of nitrogens with one attached hydrogen (secondary N) is 2. The van der Waals surface area contributed by atoms with Gasteiger partial charge < -0.3 is 20.1 Å². The number of allylic oxidation sites excluding steroid dienone is 1. The smallest absolute Gasteiger partial charge is 0.116 e. The molecule has 0 spiro atoms. The van der Waals surface area contributed by atoms with Crippen molar-refractivity contribution in [1.82, 2.24) is 9.91 Å². The zero-order valence-electron chi connectivity index (χ0n) is 18.1. The number of quaternary nitrogens is 1. The Balaban J connectivity index is 1.24. The molecule has 1 aromatic carbocycles. The van der Waals surface area contributed by atoms with Crippen LogP contribution in [0.2, 0.25) is 0 Å². The standard InChI is InChI=1S/C24H31N5OS/c1-26-12-14-27(15-13-26)21-6-4-20(5-7-21)25-28-10-8-19-9-11-29(30)24(23(19)18-28)17-22-3-2-16-31-22/h2-8,10,16,24-25,29H,9,11-15,17-18H2,1H3. The highest BCUT2D eigenvalue weighted by Gasteiger charge is 2.31. The van der Waals surface area contributed by atoms with Crippen molar-refractivity contribution in [2.24, 2.45) is 0 Å². The molecule has 2 unspecified atom stereocenters. The minimum absolute atomic E-state index is 0.0104. The quantitative estimate of drug-likeness (QED) is 0.704. The Morgan fingerprint density at radius 2 is 1.94 bits per heavy atom. The first-order valence-electron chi connectivity index (χ1n) is 11.2. The van der Waals surface area contributed by atoms with Crippen LogP contribution >= 0.6 is 11.3 Å². The predicted octanol–water partition coefficient (Wildman–Crippen LogP) is 2.35. The fourth-order valence-electron chi connectivity index (χ4n) is 4.75. The Labute approximate surface area is 188 Å². The lowest BCUT2D eigenvalue weighted by atomic mass is 9.90. The van der Waals surface area contributed by atoms with Crippen molar-refractivity contribution in [2.75, 3.05) is 56.6 Å². The number of benzene rings is 1. The zero-order valence-corrected chi connectivity index (χ0v) is 18.9. The van der Waals surface area contributed by atoms with Crippen LogP contribution in [0.1, 0.15) is 11.3 Å². The monoisotopic (exact) mass is 437 g/mol. The molecular formula is C24H31N5OS. The molecule has 1 saturated heterocycles. The van der Waals surface area contributed by atoms with Gasteiger partial charge in [0.2, 0.25) is 0 Å². The van der Waals surface area contributed by atoms with Crippen molar-refractivity contribution in [3.05, 3.63) is 75.3 Å². The Hall–Kier alpha value is -2.32. The minimum Gasteiger partial charge on any atom is -0.634 e. The topological polar surface area (TPSA) is 49.2 Å². The molecule has 1 aromatic heterocycles. The third-order valence-electron chi connectivity index (χ3n) is 6.65. The number of likely N-dealkylation sites (N-methyl/N-ethyl adjacent to an activating group) is 1. The van der Waals surface area contributed by atoms with Gasteiger partial charge in [0, 0.05) is 61.4 Å². The van der Waals surface area contributed by atoms with Crippen molar-refractivity contribution in [2.45, 2.75) is 18.9 Å². The lowest BCUT2D eigenvalue weighted by Gasteiger charge is -2.41. The van der Waals surface area contributed by atoms with Crippen LogP contribution in [0.3, 0.4) is 0 Å². The van der Waals surface area contributed by atoms with E-state index >= 15 is 0 Å². The number of rotatable bonds is 5. The van der Waals surface area contributed by atoms with Gasteiger partial charge in [-0.3, -0.25) is 10.4 Å². The first-order valence-corrected chi connectivity index (χ1v) is 12.1. The second-order valence-electron chi connectivity index (χ2n) is 8.75. The molecule has 5 rings (SSSR count). The Kier molecular flexibility index (Phi) is 6.00. The van der Waals surface area contributed by atoms with E-state index in [1.807, 2.05) is 0 Å². The summed E-state index contributed by atoms with van der Waals surface area (Å²) in [5.74, 6) is 0. The SMILES string of the molecule is CN1CCN(c2ccc(NN3C=CC4=C(C3)C(Cc3cccs3)[NH+]([O-])CC4)cc2)CC1. The van der Waals surface area contributed by atoms with Crippen LogP contribution in [0, 0.1) is 5.21 Å². The maximum Gasteiger partial charge on any atom is 0.116 e. The molecule has 4 heterocycles. The second kappa shape index (κ2) is 9.04. The minimum atomic E-state index is 0.0104. The van der Waals surface area contributed by atoms with Gasteiger partial charge in [-0.2, -0.15) is 0 Å². The number of hydroxylamine groups is 2. The third kappa shape index (κ3) is 4.65. The van der Waals surface area contributed by atoms with E-state index in [4.69, 9.17) is 0 Å². The molecule has 1 fully saturated rings. The first kappa shape index (κ1) is 20.6. The van der Waals surface area contributed by atoms with Crippen LogP contribution in [-0.4, -0.2) is 62.3 Å². The van der Waals surface area contributed by atoms with E-state index in [9.17, 15) is 5.21 Å². The van der Waals surface area contributed by atoms with Crippen LogP contribution in [0.5, 0.6) is 0 Å². The van der Waals surface area contributed by atoms with E-state index in [0.29, 0.717) is 11.6 Å². The summed E-state index contributed by atoms with van der Waals surface area (Å²) in [6.45, 7) is 5.81. The number of hydrogen-bond donors (Lipinski definition) is 2. The van der Waals surface area contributed by atoms with E-state index in [-0.39, 0.29) is 6.04 Å². The molecule has 0 bridgehead atoms. The summed E-state index contributed by atoms with van der Waals surface area (Å²) >= 11 is 1.75. The van der Waals surface area contributed by atoms with E-state index < -0.39 is 0 Å². The predicted molar refractivity (Wildman–Crippen MR) is 128 cm³/mol. The van der Waals surface area contributed by atoms with E-state index in [2.05, 4.69) is 81.3 Å². The summed E-state index contributed by atoms with van der Waals surface area (Å²) in [5, 5.41) is 17.3. The van der Waals surface area contributed by atoms with Crippen LogP contribution in [0.25, 0.3) is 0 Å². The number of hydrazine groups is 1. The van der Waals surface area contributed by atoms with Crippen LogP contribution in [0.15, 0.2) is 65.2 Å². The Bertz CT molecular complexity index is 931. The third-order valence-corrected chi connectivity index (χ3v) is 7.55. The molecule has 2 aromatic rings. The number of thiophene rings is 1. The van der Waals surface area contributed by atoms with Gasteiger partial charge in [-0.15, -0.1) is 11.3 Å². The highest BCUT2D eigenvalue weighted by atomic mass is 32.1. The molecule has 2 atom stereocenters. The molecule has 7 heteroatoms. The average Bonchev–Trinajstić information content (AvgIpc) is 3.30. The van der Waals surface area contributed by atoms with Gasteiger partial charge in [0.1, 0.15) is 6.04 Å². The van der Waals surface area contributed by atoms with Gasteiger partial charge in [-0.05, 0) is 54.4 Å². The van der Waals surface area contributed by atoms with Gasteiger partial charge in [0.25, 0.3) is 0 Å². The maximum absolute atomic E-state index is 12.7. The van der Waals surface area contributed by atoms with Gasteiger partial charge in [-0.1, -0.05) is 6.07 Å². The summed E-state index contributed by atoms with van der Waals surface area (Å²) in [4.78, 5) is 6.12. The fourth-order valence-corrected chi connectivity index (χ4v) is 5.50. The number of hydrogen-bond acceptors (Lipinski definition) is 6. The van der Waals surface area contributed by atoms with Crippen molar-refractivity contribution in [3.63, 3.8) is 0 Å². The molecule has 0 radical (unpaired) electrons. The van der Waals surface area contributed by atoms with Gasteiger partial charge in [0.05, 0.1) is 18.8 Å². The number of anilines is 2. The molecule has 2 N–H and O–H groups in total. The van der Waals surface area contributed by atoms with Crippen LogP contribution < -0.4 is 15.4 Å². The lowest BCUT2D eigenvalue weighted by Crippen LogP contribution is -3.12. The van der Waals surface area contributed by atoms with Gasteiger partial charge in [0.15, 0.2) is 0 Å². The Morgan fingerprint density at radius 1 is 1.13 bits per heavy atom. The number of piperazine rings is 1. The van der Waals surface area contributed by atoms with Crippen molar-refractivity contribution in [3.8, 4) is 0 Å². The maximum atomic E-state index is 12.7. The first-order chi connectivity index (χ1) is 15.2. The summed E-state index contributed by atoms with van der Waals surface area (Å²) < 4.78 is 0. The molecule has 0 aliphatic carbocycles.